The van der Waals surface area contributed by atoms with Crippen molar-refractivity contribution in [3.63, 3.8) is 0 Å². The first-order valence-electron chi connectivity index (χ1n) is 4.53. The maximum Gasteiger partial charge on any atom is 0.136 e. The third kappa shape index (κ3) is 1.84. The van der Waals surface area contributed by atoms with E-state index in [0.29, 0.717) is 18.6 Å². The van der Waals surface area contributed by atoms with E-state index >= 15 is 0 Å². The molecule has 2 aliphatic rings. The van der Waals surface area contributed by atoms with Crippen LogP contribution >= 0.6 is 0 Å². The Morgan fingerprint density at radius 1 is 1.17 bits per heavy atom. The molecule has 2 rings (SSSR count). The molecule has 2 saturated heterocycles. The van der Waals surface area contributed by atoms with Gasteiger partial charge in [-0.15, -0.1) is 0 Å². The highest BCUT2D eigenvalue weighted by molar-refractivity contribution is 5.81. The van der Waals surface area contributed by atoms with E-state index in [9.17, 15) is 4.79 Å². The number of hydrogen-bond acceptors (Lipinski definition) is 3. The molecule has 3 nitrogen and oxygen atoms in total. The molecule has 0 spiro atoms. The van der Waals surface area contributed by atoms with Gasteiger partial charge in [0.2, 0.25) is 0 Å². The minimum absolute atomic E-state index is 0.141. The lowest BCUT2D eigenvalue weighted by atomic mass is 9.97. The molecule has 0 radical (unpaired) electrons. The Morgan fingerprint density at radius 2 is 1.50 bits per heavy atom. The summed E-state index contributed by atoms with van der Waals surface area (Å²) < 4.78 is 0. The topological polar surface area (TPSA) is 61.0 Å². The molecule has 3 heteroatoms. The lowest BCUT2D eigenvalue weighted by Gasteiger charge is -2.08. The van der Waals surface area contributed by atoms with Crippen LogP contribution in [0.5, 0.6) is 0 Å². The van der Waals surface area contributed by atoms with Crippen LogP contribution < -0.4 is 10.6 Å². The number of carbonyl (C=O) groups is 1. The zero-order chi connectivity index (χ0) is 8.82. The molecule has 0 aromatic heterocycles. The van der Waals surface area contributed by atoms with E-state index in [-0.39, 0.29) is 11.1 Å². The SMILES string of the molecule is CC1(CC(=O)CC2(C)CN2)CN1. The van der Waals surface area contributed by atoms with E-state index in [1.165, 1.54) is 0 Å². The van der Waals surface area contributed by atoms with Crippen molar-refractivity contribution in [2.75, 3.05) is 13.1 Å². The standard InChI is InChI=1S/C9H16N2O/c1-8(5-10-8)3-7(12)4-9(2)6-11-9/h10-11H,3-6H2,1-2H3. The molecule has 2 N–H and O–H groups in total. The van der Waals surface area contributed by atoms with E-state index in [2.05, 4.69) is 24.5 Å². The van der Waals surface area contributed by atoms with Crippen LogP contribution in [0.3, 0.4) is 0 Å². The summed E-state index contributed by atoms with van der Waals surface area (Å²) in [7, 11) is 0. The fourth-order valence-electron chi connectivity index (χ4n) is 1.48. The van der Waals surface area contributed by atoms with Crippen molar-refractivity contribution in [1.29, 1.82) is 0 Å². The van der Waals surface area contributed by atoms with Gasteiger partial charge < -0.3 is 10.6 Å². The van der Waals surface area contributed by atoms with Crippen LogP contribution in [0.25, 0.3) is 0 Å². The van der Waals surface area contributed by atoms with Crippen LogP contribution in [0.1, 0.15) is 26.7 Å². The van der Waals surface area contributed by atoms with Gasteiger partial charge in [0.1, 0.15) is 5.78 Å². The molecule has 0 bridgehead atoms. The Bertz CT molecular complexity index is 195. The molecule has 68 valence electrons. The van der Waals surface area contributed by atoms with Crippen LogP contribution in [0, 0.1) is 0 Å². The molecule has 2 fully saturated rings. The predicted octanol–water partition coefficient (Wildman–Crippen LogP) is 0.0595. The zero-order valence-corrected chi connectivity index (χ0v) is 7.74. The van der Waals surface area contributed by atoms with Gasteiger partial charge in [-0.2, -0.15) is 0 Å². The van der Waals surface area contributed by atoms with Crippen molar-refractivity contribution in [3.05, 3.63) is 0 Å². The van der Waals surface area contributed by atoms with Gasteiger partial charge in [0, 0.05) is 37.0 Å². The molecular weight excluding hydrogens is 152 g/mol. The number of ketones is 1. The normalized spacial score (nSPS) is 44.2. The molecule has 0 saturated carbocycles. The fourth-order valence-corrected chi connectivity index (χ4v) is 1.48. The Balaban J connectivity index is 1.77. The zero-order valence-electron chi connectivity index (χ0n) is 7.74. The van der Waals surface area contributed by atoms with Gasteiger partial charge in [0.25, 0.3) is 0 Å². The van der Waals surface area contributed by atoms with Crippen LogP contribution in [-0.4, -0.2) is 30.0 Å². The highest BCUT2D eigenvalue weighted by Crippen LogP contribution is 2.26. The molecule has 0 aromatic rings. The van der Waals surface area contributed by atoms with E-state index in [4.69, 9.17) is 0 Å². The quantitative estimate of drug-likeness (QED) is 0.583. The third-order valence-corrected chi connectivity index (χ3v) is 2.74. The van der Waals surface area contributed by atoms with Gasteiger partial charge >= 0.3 is 0 Å². The van der Waals surface area contributed by atoms with Crippen LogP contribution in [0.15, 0.2) is 0 Å². The monoisotopic (exact) mass is 168 g/mol. The molecule has 12 heavy (non-hydrogen) atoms. The van der Waals surface area contributed by atoms with Crippen molar-refractivity contribution < 1.29 is 4.79 Å². The molecule has 0 aliphatic carbocycles. The average molecular weight is 168 g/mol. The smallest absolute Gasteiger partial charge is 0.136 e. The molecule has 0 aromatic carbocycles. The summed E-state index contributed by atoms with van der Waals surface area (Å²) in [5, 5.41) is 6.41. The van der Waals surface area contributed by atoms with Gasteiger partial charge in [0.15, 0.2) is 0 Å². The van der Waals surface area contributed by atoms with Crippen LogP contribution in [0.2, 0.25) is 0 Å². The Hall–Kier alpha value is -0.410. The maximum absolute atomic E-state index is 11.5. The van der Waals surface area contributed by atoms with Gasteiger partial charge in [0.05, 0.1) is 0 Å². The number of nitrogens with one attached hydrogen (secondary N) is 2. The van der Waals surface area contributed by atoms with Crippen LogP contribution in [0.4, 0.5) is 0 Å². The second-order valence-corrected chi connectivity index (χ2v) is 4.72. The summed E-state index contributed by atoms with van der Waals surface area (Å²) in [6.45, 7) is 6.22. The molecule has 2 unspecified atom stereocenters. The van der Waals surface area contributed by atoms with Crippen LogP contribution in [-0.2, 0) is 4.79 Å². The molecule has 2 heterocycles. The average Bonchev–Trinajstić information content (AvgIpc) is 2.76. The van der Waals surface area contributed by atoms with E-state index in [1.54, 1.807) is 0 Å². The van der Waals surface area contributed by atoms with E-state index in [1.807, 2.05) is 0 Å². The largest absolute Gasteiger partial charge is 0.308 e. The summed E-state index contributed by atoms with van der Waals surface area (Å²) in [6.07, 6.45) is 1.40. The fraction of sp³-hybridized carbons (Fsp3) is 0.889. The summed E-state index contributed by atoms with van der Waals surface area (Å²) in [6, 6.07) is 0. The summed E-state index contributed by atoms with van der Waals surface area (Å²) in [4.78, 5) is 11.5. The Labute approximate surface area is 72.9 Å². The lowest BCUT2D eigenvalue weighted by molar-refractivity contribution is -0.119. The summed E-state index contributed by atoms with van der Waals surface area (Å²) in [5.74, 6) is 0.384. The first-order valence-corrected chi connectivity index (χ1v) is 4.53. The molecule has 0 amide bonds. The predicted molar refractivity (Wildman–Crippen MR) is 47.1 cm³/mol. The number of rotatable bonds is 4. The van der Waals surface area contributed by atoms with Gasteiger partial charge in [-0.25, -0.2) is 0 Å². The second kappa shape index (κ2) is 2.30. The van der Waals surface area contributed by atoms with E-state index < -0.39 is 0 Å². The third-order valence-electron chi connectivity index (χ3n) is 2.74. The highest BCUT2D eigenvalue weighted by atomic mass is 16.1. The Kier molecular flexibility index (Phi) is 1.57. The number of Topliss-reactive ketones (excluding diaryl/α,β-unsaturated/α-hetero) is 1. The molecule has 2 aliphatic heterocycles. The molecule has 2 atom stereocenters. The summed E-state index contributed by atoms with van der Waals surface area (Å²) >= 11 is 0. The summed E-state index contributed by atoms with van der Waals surface area (Å²) in [5.41, 5.74) is 0.282. The minimum Gasteiger partial charge on any atom is -0.308 e. The first kappa shape index (κ1) is 8.20. The van der Waals surface area contributed by atoms with Crippen molar-refractivity contribution in [3.8, 4) is 0 Å². The van der Waals surface area contributed by atoms with Crippen molar-refractivity contribution in [2.45, 2.75) is 37.8 Å². The van der Waals surface area contributed by atoms with Crippen molar-refractivity contribution in [1.82, 2.24) is 10.6 Å². The number of hydrogen-bond donors (Lipinski definition) is 2. The van der Waals surface area contributed by atoms with E-state index in [0.717, 1.165) is 13.1 Å². The van der Waals surface area contributed by atoms with Crippen molar-refractivity contribution in [2.24, 2.45) is 0 Å². The lowest BCUT2D eigenvalue weighted by Crippen LogP contribution is -2.22. The van der Waals surface area contributed by atoms with Gasteiger partial charge in [-0.1, -0.05) is 0 Å². The maximum atomic E-state index is 11.5. The number of carbonyl (C=O) groups excluding carboxylic acids is 1. The second-order valence-electron chi connectivity index (χ2n) is 4.72. The highest BCUT2D eigenvalue weighted by Gasteiger charge is 2.43. The van der Waals surface area contributed by atoms with Crippen molar-refractivity contribution >= 4 is 5.78 Å². The van der Waals surface area contributed by atoms with Gasteiger partial charge in [-0.05, 0) is 13.8 Å². The van der Waals surface area contributed by atoms with Gasteiger partial charge in [-0.3, -0.25) is 4.79 Å². The molecular formula is C9H16N2O. The Morgan fingerprint density at radius 3 is 1.75 bits per heavy atom. The minimum atomic E-state index is 0.141. The first-order chi connectivity index (χ1) is 5.52.